The Hall–Kier alpha value is 1.09. The van der Waals surface area contributed by atoms with Crippen molar-refractivity contribution in [2.45, 2.75) is 26.4 Å². The Bertz CT molecular complexity index is 37.6. The molecule has 0 aromatic carbocycles. The maximum atomic E-state index is 8.52. The Balaban J connectivity index is -0.00000000533. The fourth-order valence-corrected chi connectivity index (χ4v) is 0. The van der Waals surface area contributed by atoms with Crippen LogP contribution in [0.2, 0.25) is 0 Å². The maximum Gasteiger partial charge on any atom is 3.00 e. The van der Waals surface area contributed by atoms with Crippen molar-refractivity contribution in [3.63, 3.8) is 0 Å². The van der Waals surface area contributed by atoms with E-state index in [4.69, 9.17) is 5.11 Å². The topological polar surface area (TPSA) is 20.2 Å². The molecule has 0 saturated carbocycles. The zero-order chi connectivity index (χ0) is 4.50. The van der Waals surface area contributed by atoms with E-state index in [2.05, 4.69) is 0 Å². The third-order valence-electron chi connectivity index (χ3n) is 0. The minimum atomic E-state index is -0.500. The van der Waals surface area contributed by atoms with E-state index in [1.807, 2.05) is 0 Å². The maximum absolute atomic E-state index is 8.52. The molecule has 0 saturated heterocycles. The fourth-order valence-electron chi connectivity index (χ4n) is 0. The van der Waals surface area contributed by atoms with Gasteiger partial charge in [0.15, 0.2) is 0 Å². The molecule has 0 heterocycles. The predicted molar refractivity (Wildman–Crippen MR) is 32.2 cm³/mol. The molecular formula is C4H14AlLiO. The molecule has 0 aliphatic heterocycles. The molecule has 0 unspecified atom stereocenters. The first-order chi connectivity index (χ1) is 2.00. The third-order valence-corrected chi connectivity index (χ3v) is 0. The molecule has 0 aromatic rings. The van der Waals surface area contributed by atoms with Gasteiger partial charge in [0.2, 0.25) is 0 Å². The van der Waals surface area contributed by atoms with Gasteiger partial charge in [-0.2, -0.15) is 0 Å². The summed E-state index contributed by atoms with van der Waals surface area (Å²) in [4.78, 5) is 0. The molecule has 7 heavy (non-hydrogen) atoms. The zero-order valence-electron chi connectivity index (χ0n) is 9.52. The molecule has 0 amide bonds. The summed E-state index contributed by atoms with van der Waals surface area (Å²) in [6, 6.07) is 0. The molecular weight excluding hydrogens is 98.0 g/mol. The summed E-state index contributed by atoms with van der Waals surface area (Å²) >= 11 is 0. The van der Waals surface area contributed by atoms with Gasteiger partial charge in [-0.3, -0.25) is 0 Å². The Morgan fingerprint density at radius 3 is 1.29 bits per heavy atom. The van der Waals surface area contributed by atoms with E-state index in [9.17, 15) is 0 Å². The fraction of sp³-hybridized carbons (Fsp3) is 1.00. The summed E-state index contributed by atoms with van der Waals surface area (Å²) in [6.07, 6.45) is 0. The number of rotatable bonds is 0. The van der Waals surface area contributed by atoms with E-state index >= 15 is 0 Å². The van der Waals surface area contributed by atoms with Crippen molar-refractivity contribution in [2.75, 3.05) is 0 Å². The third kappa shape index (κ3) is 155. The summed E-state index contributed by atoms with van der Waals surface area (Å²) in [7, 11) is 0. The molecule has 0 atom stereocenters. The van der Waals surface area contributed by atoms with Gasteiger partial charge in [0.05, 0.1) is 5.60 Å². The van der Waals surface area contributed by atoms with Gasteiger partial charge < -0.3 is 10.8 Å². The minimum Gasteiger partial charge on any atom is -1.00 e. The number of hydrogen-bond donors (Lipinski definition) is 1. The largest absolute Gasteiger partial charge is 3.00 e. The summed E-state index contributed by atoms with van der Waals surface area (Å²) in [5.41, 5.74) is -0.500. The van der Waals surface area contributed by atoms with E-state index in [1.165, 1.54) is 0 Å². The van der Waals surface area contributed by atoms with Crippen LogP contribution in [0.5, 0.6) is 0 Å². The second-order valence-corrected chi connectivity index (χ2v) is 2.17. The van der Waals surface area contributed by atoms with E-state index < -0.39 is 5.60 Å². The first-order valence-electron chi connectivity index (χ1n) is 1.72. The molecule has 40 valence electrons. The Kier molecular flexibility index (Phi) is 11.7. The van der Waals surface area contributed by atoms with Crippen LogP contribution < -0.4 is 18.9 Å². The van der Waals surface area contributed by atoms with Crippen molar-refractivity contribution in [1.29, 1.82) is 0 Å². The average Bonchev–Trinajstić information content (AvgIpc) is 0.722. The first-order valence-corrected chi connectivity index (χ1v) is 1.72. The van der Waals surface area contributed by atoms with Crippen molar-refractivity contribution in [3.05, 3.63) is 0 Å². The summed E-state index contributed by atoms with van der Waals surface area (Å²) in [5, 5.41) is 8.52. The predicted octanol–water partition coefficient (Wildman–Crippen LogP) is -2.15. The standard InChI is InChI=1S/C4H10O.Al.Li.4H/c1-4(2,3)5;;;;;;/h5H,1-3H3;;;;;;/q;+3;+1;4*-1. The van der Waals surface area contributed by atoms with E-state index in [0.29, 0.717) is 0 Å². The van der Waals surface area contributed by atoms with Crippen LogP contribution in [0.1, 0.15) is 26.5 Å². The molecule has 3 heteroatoms. The van der Waals surface area contributed by atoms with Gasteiger partial charge in [0.25, 0.3) is 0 Å². The Labute approximate surface area is 73.7 Å². The van der Waals surface area contributed by atoms with Crippen LogP contribution >= 0.6 is 0 Å². The van der Waals surface area contributed by atoms with Crippen LogP contribution in [0.4, 0.5) is 0 Å². The molecule has 0 rings (SSSR count). The van der Waals surface area contributed by atoms with Crippen molar-refractivity contribution in [2.24, 2.45) is 0 Å². The van der Waals surface area contributed by atoms with Crippen molar-refractivity contribution in [1.82, 2.24) is 0 Å². The summed E-state index contributed by atoms with van der Waals surface area (Å²) < 4.78 is 0. The van der Waals surface area contributed by atoms with Gasteiger partial charge in [-0.15, -0.1) is 0 Å². The Morgan fingerprint density at radius 2 is 1.29 bits per heavy atom. The smallest absolute Gasteiger partial charge is 1.00 e. The molecule has 0 radical (unpaired) electrons. The van der Waals surface area contributed by atoms with Gasteiger partial charge in [0.1, 0.15) is 0 Å². The van der Waals surface area contributed by atoms with E-state index in [1.54, 1.807) is 20.8 Å². The molecule has 0 fully saturated rings. The van der Waals surface area contributed by atoms with Gasteiger partial charge >= 0.3 is 36.2 Å². The Morgan fingerprint density at radius 1 is 1.29 bits per heavy atom. The molecule has 0 aliphatic rings. The molecule has 0 bridgehead atoms. The molecule has 1 nitrogen and oxygen atoms in total. The second kappa shape index (κ2) is 5.23. The van der Waals surface area contributed by atoms with Crippen LogP contribution in [-0.4, -0.2) is 28.1 Å². The normalized spacial score (nSPS) is 8.57. The molecule has 1 N–H and O–H groups in total. The molecule has 0 spiro atoms. The van der Waals surface area contributed by atoms with Crippen LogP contribution in [-0.2, 0) is 0 Å². The molecule has 0 aromatic heterocycles. The first kappa shape index (κ1) is 15.7. The monoisotopic (exact) mass is 112 g/mol. The summed E-state index contributed by atoms with van der Waals surface area (Å²) in [5.74, 6) is 0. The van der Waals surface area contributed by atoms with Crippen LogP contribution in [0.15, 0.2) is 0 Å². The van der Waals surface area contributed by atoms with Crippen molar-refractivity contribution in [3.8, 4) is 0 Å². The summed E-state index contributed by atoms with van der Waals surface area (Å²) in [6.45, 7) is 5.23. The van der Waals surface area contributed by atoms with Gasteiger partial charge in [-0.05, 0) is 20.8 Å². The van der Waals surface area contributed by atoms with Crippen LogP contribution in [0.3, 0.4) is 0 Å². The molecule has 0 aliphatic carbocycles. The quantitative estimate of drug-likeness (QED) is 0.354. The van der Waals surface area contributed by atoms with Crippen molar-refractivity contribution >= 4 is 17.4 Å². The van der Waals surface area contributed by atoms with Crippen LogP contribution in [0, 0.1) is 0 Å². The van der Waals surface area contributed by atoms with Crippen LogP contribution in [0.25, 0.3) is 0 Å². The van der Waals surface area contributed by atoms with Gasteiger partial charge in [-0.25, -0.2) is 0 Å². The average molecular weight is 112 g/mol. The SMILES string of the molecule is CC(C)(C)O.[Al+3].[H-].[H-].[H-].[H-].[Li+]. The zero-order valence-corrected chi connectivity index (χ0v) is 6.68. The van der Waals surface area contributed by atoms with Crippen molar-refractivity contribution < 1.29 is 29.7 Å². The number of aliphatic hydroxyl groups is 1. The number of hydrogen-bond acceptors (Lipinski definition) is 1. The van der Waals surface area contributed by atoms with E-state index in [-0.39, 0.29) is 41.9 Å². The minimum absolute atomic E-state index is 0. The van der Waals surface area contributed by atoms with Gasteiger partial charge in [-0.1, -0.05) is 0 Å². The van der Waals surface area contributed by atoms with E-state index in [0.717, 1.165) is 0 Å². The second-order valence-electron chi connectivity index (χ2n) is 2.17. The van der Waals surface area contributed by atoms with Gasteiger partial charge in [0, 0.05) is 0 Å².